The molecule has 3 aromatic heterocycles. The van der Waals surface area contributed by atoms with E-state index in [0.717, 1.165) is 39.3 Å². The van der Waals surface area contributed by atoms with Crippen molar-refractivity contribution in [3.8, 4) is 27.9 Å². The number of hydrogen-bond acceptors (Lipinski definition) is 2. The minimum Gasteiger partial charge on any atom is -0.306 e. The molecule has 4 nitrogen and oxygen atoms in total. The summed E-state index contributed by atoms with van der Waals surface area (Å²) >= 11 is 0. The van der Waals surface area contributed by atoms with E-state index in [4.69, 9.17) is 0 Å². The summed E-state index contributed by atoms with van der Waals surface area (Å²) < 4.78 is 4.06. The predicted octanol–water partition coefficient (Wildman–Crippen LogP) is 5.16. The molecule has 0 N–H and O–H groups in total. The molecule has 27 heavy (non-hydrogen) atoms. The van der Waals surface area contributed by atoms with Gasteiger partial charge in [-0.2, -0.15) is 5.10 Å². The van der Waals surface area contributed by atoms with Crippen LogP contribution in [0.4, 0.5) is 0 Å². The number of imidazole rings is 1. The van der Waals surface area contributed by atoms with Crippen molar-refractivity contribution < 1.29 is 0 Å². The summed E-state index contributed by atoms with van der Waals surface area (Å²) in [5.74, 6) is 0. The van der Waals surface area contributed by atoms with Gasteiger partial charge in [0.2, 0.25) is 0 Å². The first-order chi connectivity index (χ1) is 13.3. The zero-order chi connectivity index (χ0) is 18.2. The standard InChI is InChI=1S/C23H18N4/c1-17-22(15-25-27(17)20-10-6-3-7-11-20)19-14-21(18-8-4-2-5-9-18)23-24-12-13-26(23)16-19/h2-16H,1H3. The molecule has 0 fully saturated rings. The monoisotopic (exact) mass is 350 g/mol. The summed E-state index contributed by atoms with van der Waals surface area (Å²) in [5.41, 5.74) is 7.64. The van der Waals surface area contributed by atoms with Gasteiger partial charge >= 0.3 is 0 Å². The highest BCUT2D eigenvalue weighted by atomic mass is 15.3. The smallest absolute Gasteiger partial charge is 0.144 e. The molecule has 130 valence electrons. The first-order valence-electron chi connectivity index (χ1n) is 8.94. The van der Waals surface area contributed by atoms with Crippen LogP contribution in [-0.4, -0.2) is 19.2 Å². The van der Waals surface area contributed by atoms with E-state index in [0.29, 0.717) is 0 Å². The lowest BCUT2D eigenvalue weighted by atomic mass is 10.0. The topological polar surface area (TPSA) is 35.1 Å². The molecule has 0 aliphatic rings. The minimum atomic E-state index is 0.957. The third-order valence-corrected chi connectivity index (χ3v) is 4.89. The number of aromatic nitrogens is 4. The molecule has 0 spiro atoms. The molecule has 5 aromatic rings. The fourth-order valence-corrected chi connectivity index (χ4v) is 3.53. The molecule has 0 aliphatic heterocycles. The van der Waals surface area contributed by atoms with Gasteiger partial charge in [-0.3, -0.25) is 0 Å². The van der Waals surface area contributed by atoms with E-state index in [9.17, 15) is 0 Å². The van der Waals surface area contributed by atoms with Crippen molar-refractivity contribution in [1.82, 2.24) is 19.2 Å². The quantitative estimate of drug-likeness (QED) is 0.450. The van der Waals surface area contributed by atoms with E-state index in [2.05, 4.69) is 70.1 Å². The molecule has 5 rings (SSSR count). The summed E-state index contributed by atoms with van der Waals surface area (Å²) in [6.45, 7) is 2.11. The summed E-state index contributed by atoms with van der Waals surface area (Å²) in [6, 6.07) is 22.8. The van der Waals surface area contributed by atoms with Gasteiger partial charge in [-0.15, -0.1) is 0 Å². The molecule has 3 heterocycles. The Morgan fingerprint density at radius 3 is 2.33 bits per heavy atom. The molecule has 4 heteroatoms. The van der Waals surface area contributed by atoms with Gasteiger partial charge in [-0.1, -0.05) is 48.5 Å². The number of rotatable bonds is 3. The molecule has 0 saturated heterocycles. The maximum Gasteiger partial charge on any atom is 0.144 e. The molecule has 0 unspecified atom stereocenters. The van der Waals surface area contributed by atoms with Crippen LogP contribution in [-0.2, 0) is 0 Å². The second kappa shape index (κ2) is 6.25. The first kappa shape index (κ1) is 15.6. The second-order valence-electron chi connectivity index (χ2n) is 6.56. The molecular weight excluding hydrogens is 332 g/mol. The second-order valence-corrected chi connectivity index (χ2v) is 6.56. The Hall–Kier alpha value is -3.66. The van der Waals surface area contributed by atoms with E-state index in [-0.39, 0.29) is 0 Å². The van der Waals surface area contributed by atoms with Crippen molar-refractivity contribution in [2.24, 2.45) is 0 Å². The van der Waals surface area contributed by atoms with Crippen LogP contribution in [0.25, 0.3) is 33.6 Å². The summed E-state index contributed by atoms with van der Waals surface area (Å²) in [4.78, 5) is 4.55. The third kappa shape index (κ3) is 2.62. The largest absolute Gasteiger partial charge is 0.306 e. The molecule has 0 atom stereocenters. The third-order valence-electron chi connectivity index (χ3n) is 4.89. The van der Waals surface area contributed by atoms with Crippen LogP contribution >= 0.6 is 0 Å². The minimum absolute atomic E-state index is 0.957. The van der Waals surface area contributed by atoms with Crippen molar-refractivity contribution in [3.05, 3.63) is 97.2 Å². The Kier molecular flexibility index (Phi) is 3.61. The van der Waals surface area contributed by atoms with Crippen molar-refractivity contribution >= 4 is 5.65 Å². The van der Waals surface area contributed by atoms with Crippen LogP contribution in [0, 0.1) is 6.92 Å². The molecule has 0 bridgehead atoms. The van der Waals surface area contributed by atoms with Gasteiger partial charge in [-0.25, -0.2) is 9.67 Å². The maximum absolute atomic E-state index is 4.62. The average Bonchev–Trinajstić information content (AvgIpc) is 3.35. The molecule has 2 aromatic carbocycles. The zero-order valence-electron chi connectivity index (χ0n) is 14.9. The molecule has 0 saturated carbocycles. The molecule has 0 radical (unpaired) electrons. The molecular formula is C23H18N4. The lowest BCUT2D eigenvalue weighted by molar-refractivity contribution is 0.847. The van der Waals surface area contributed by atoms with E-state index in [1.165, 1.54) is 0 Å². The lowest BCUT2D eigenvalue weighted by Gasteiger charge is -2.09. The van der Waals surface area contributed by atoms with Crippen molar-refractivity contribution in [1.29, 1.82) is 0 Å². The van der Waals surface area contributed by atoms with E-state index in [1.807, 2.05) is 47.5 Å². The number of hydrogen-bond donors (Lipinski definition) is 0. The van der Waals surface area contributed by atoms with E-state index >= 15 is 0 Å². The predicted molar refractivity (Wildman–Crippen MR) is 108 cm³/mol. The van der Waals surface area contributed by atoms with Crippen LogP contribution in [0.1, 0.15) is 5.69 Å². The van der Waals surface area contributed by atoms with Crippen LogP contribution in [0.15, 0.2) is 91.5 Å². The summed E-state index contributed by atoms with van der Waals surface area (Å²) in [6.07, 6.45) is 7.89. The van der Waals surface area contributed by atoms with Crippen LogP contribution in [0.5, 0.6) is 0 Å². The number of nitrogens with zero attached hydrogens (tertiary/aromatic N) is 4. The fourth-order valence-electron chi connectivity index (χ4n) is 3.53. The Morgan fingerprint density at radius 2 is 1.56 bits per heavy atom. The normalized spacial score (nSPS) is 11.1. The lowest BCUT2D eigenvalue weighted by Crippen LogP contribution is -1.98. The average molecular weight is 350 g/mol. The number of benzene rings is 2. The van der Waals surface area contributed by atoms with Gasteiger partial charge in [0.1, 0.15) is 5.65 Å². The number of para-hydroxylation sites is 1. The first-order valence-corrected chi connectivity index (χ1v) is 8.94. The SMILES string of the molecule is Cc1c(-c2cc(-c3ccccc3)c3nccn3c2)cnn1-c1ccccc1. The van der Waals surface area contributed by atoms with Crippen LogP contribution < -0.4 is 0 Å². The van der Waals surface area contributed by atoms with Gasteiger partial charge in [0.25, 0.3) is 0 Å². The van der Waals surface area contributed by atoms with Gasteiger partial charge in [-0.05, 0) is 30.7 Å². The van der Waals surface area contributed by atoms with Gasteiger partial charge < -0.3 is 4.40 Å². The Morgan fingerprint density at radius 1 is 0.815 bits per heavy atom. The summed E-state index contributed by atoms with van der Waals surface area (Å²) in [5, 5.41) is 4.62. The number of pyridine rings is 1. The maximum atomic E-state index is 4.62. The zero-order valence-corrected chi connectivity index (χ0v) is 14.9. The Balaban J connectivity index is 1.70. The summed E-state index contributed by atoms with van der Waals surface area (Å²) in [7, 11) is 0. The van der Waals surface area contributed by atoms with Gasteiger partial charge in [0, 0.05) is 41.0 Å². The highest BCUT2D eigenvalue weighted by molar-refractivity contribution is 5.82. The van der Waals surface area contributed by atoms with Crippen LogP contribution in [0.3, 0.4) is 0 Å². The van der Waals surface area contributed by atoms with E-state index in [1.54, 1.807) is 0 Å². The van der Waals surface area contributed by atoms with Crippen LogP contribution in [0.2, 0.25) is 0 Å². The van der Waals surface area contributed by atoms with Crippen molar-refractivity contribution in [2.75, 3.05) is 0 Å². The number of fused-ring (bicyclic) bond motifs is 1. The van der Waals surface area contributed by atoms with Gasteiger partial charge in [0.05, 0.1) is 11.9 Å². The highest BCUT2D eigenvalue weighted by Gasteiger charge is 2.14. The molecule has 0 amide bonds. The van der Waals surface area contributed by atoms with Crippen molar-refractivity contribution in [2.45, 2.75) is 6.92 Å². The highest BCUT2D eigenvalue weighted by Crippen LogP contribution is 2.31. The van der Waals surface area contributed by atoms with Crippen molar-refractivity contribution in [3.63, 3.8) is 0 Å². The fraction of sp³-hybridized carbons (Fsp3) is 0.0435. The van der Waals surface area contributed by atoms with Gasteiger partial charge in [0.15, 0.2) is 0 Å². The molecule has 0 aliphatic carbocycles. The Labute approximate surface area is 157 Å². The Bertz CT molecular complexity index is 1220. The van der Waals surface area contributed by atoms with E-state index < -0.39 is 0 Å².